The molecule has 11 heteroatoms. The molecule has 1 aromatic carbocycles. The largest absolute Gasteiger partial charge is 0.492 e. The number of hydrogen-bond donors (Lipinski definition) is 2. The van der Waals surface area contributed by atoms with E-state index in [0.717, 1.165) is 37.0 Å². The van der Waals surface area contributed by atoms with Crippen molar-refractivity contribution in [1.82, 2.24) is 14.5 Å². The van der Waals surface area contributed by atoms with Crippen LogP contribution in [0.4, 0.5) is 10.5 Å². The average molecular weight is 479 g/mol. The molecule has 2 aliphatic heterocycles. The fourth-order valence-electron chi connectivity index (χ4n) is 4.45. The zero-order valence-electron chi connectivity index (χ0n) is 18.9. The maximum absolute atomic E-state index is 13.3. The molecule has 3 aliphatic rings. The minimum Gasteiger partial charge on any atom is -0.492 e. The SMILES string of the molecule is CCOc1ccc(NC(=O)CN2C(=O)N[C@@](C)(C3CC3)C2=O)cc1S(=O)(=O)N1CCCCC1. The zero-order chi connectivity index (χ0) is 23.8. The number of amides is 4. The van der Waals surface area contributed by atoms with Gasteiger partial charge in [0.2, 0.25) is 15.9 Å². The second-order valence-electron chi connectivity index (χ2n) is 8.91. The van der Waals surface area contributed by atoms with Crippen LogP contribution in [0.1, 0.15) is 46.0 Å². The van der Waals surface area contributed by atoms with Gasteiger partial charge in [-0.15, -0.1) is 0 Å². The van der Waals surface area contributed by atoms with Crippen molar-refractivity contribution < 1.29 is 27.5 Å². The van der Waals surface area contributed by atoms with Crippen LogP contribution in [0.5, 0.6) is 5.75 Å². The maximum atomic E-state index is 13.3. The van der Waals surface area contributed by atoms with Gasteiger partial charge in [0.05, 0.1) is 6.61 Å². The number of piperidine rings is 1. The van der Waals surface area contributed by atoms with E-state index in [9.17, 15) is 22.8 Å². The first-order valence-corrected chi connectivity index (χ1v) is 12.8. The van der Waals surface area contributed by atoms with E-state index in [4.69, 9.17) is 4.74 Å². The van der Waals surface area contributed by atoms with Crippen LogP contribution in [0.25, 0.3) is 0 Å². The van der Waals surface area contributed by atoms with Crippen LogP contribution in [0.15, 0.2) is 23.1 Å². The molecule has 0 radical (unpaired) electrons. The van der Waals surface area contributed by atoms with Crippen molar-refractivity contribution in [2.75, 3.05) is 31.6 Å². The number of carbonyl (C=O) groups is 3. The van der Waals surface area contributed by atoms with Crippen molar-refractivity contribution in [2.24, 2.45) is 5.92 Å². The quantitative estimate of drug-likeness (QED) is 0.550. The first kappa shape index (κ1) is 23.5. The lowest BCUT2D eigenvalue weighted by Gasteiger charge is -2.27. The van der Waals surface area contributed by atoms with Gasteiger partial charge in [0.1, 0.15) is 22.7 Å². The highest BCUT2D eigenvalue weighted by atomic mass is 32.2. The van der Waals surface area contributed by atoms with Gasteiger partial charge in [0.25, 0.3) is 5.91 Å². The van der Waals surface area contributed by atoms with Gasteiger partial charge in [-0.05, 0) is 63.6 Å². The average Bonchev–Trinajstić information content (AvgIpc) is 3.61. The summed E-state index contributed by atoms with van der Waals surface area (Å²) in [5, 5.41) is 5.32. The number of anilines is 1. The molecule has 1 saturated carbocycles. The Morgan fingerprint density at radius 3 is 2.55 bits per heavy atom. The molecule has 10 nitrogen and oxygen atoms in total. The molecule has 1 aliphatic carbocycles. The normalized spacial score (nSPS) is 24.0. The molecule has 180 valence electrons. The van der Waals surface area contributed by atoms with Crippen molar-refractivity contribution in [2.45, 2.75) is 56.4 Å². The van der Waals surface area contributed by atoms with Gasteiger partial charge in [0.15, 0.2) is 0 Å². The predicted octanol–water partition coefficient (Wildman–Crippen LogP) is 1.92. The molecule has 4 rings (SSSR count). The Labute approximate surface area is 193 Å². The number of carbonyl (C=O) groups excluding carboxylic acids is 3. The first-order valence-electron chi connectivity index (χ1n) is 11.4. The van der Waals surface area contributed by atoms with Crippen molar-refractivity contribution in [1.29, 1.82) is 0 Å². The lowest BCUT2D eigenvalue weighted by atomic mass is 9.96. The van der Waals surface area contributed by atoms with Gasteiger partial charge >= 0.3 is 6.03 Å². The first-order chi connectivity index (χ1) is 15.7. The summed E-state index contributed by atoms with van der Waals surface area (Å²) >= 11 is 0. The molecule has 0 bridgehead atoms. The van der Waals surface area contributed by atoms with Crippen molar-refractivity contribution >= 4 is 33.6 Å². The van der Waals surface area contributed by atoms with E-state index in [0.29, 0.717) is 19.7 Å². The van der Waals surface area contributed by atoms with Crippen LogP contribution in [-0.2, 0) is 19.6 Å². The van der Waals surface area contributed by atoms with Gasteiger partial charge in [-0.3, -0.25) is 14.5 Å². The molecule has 4 amide bonds. The summed E-state index contributed by atoms with van der Waals surface area (Å²) in [5.74, 6) is -0.694. The third kappa shape index (κ3) is 4.56. The smallest absolute Gasteiger partial charge is 0.325 e. The fraction of sp³-hybridized carbons (Fsp3) is 0.591. The number of rotatable bonds is 8. The minimum atomic E-state index is -3.80. The summed E-state index contributed by atoms with van der Waals surface area (Å²) in [5.41, 5.74) is -0.720. The van der Waals surface area contributed by atoms with E-state index < -0.39 is 40.0 Å². The lowest BCUT2D eigenvalue weighted by Crippen LogP contribution is -2.46. The molecule has 2 saturated heterocycles. The molecule has 33 heavy (non-hydrogen) atoms. The lowest BCUT2D eigenvalue weighted by molar-refractivity contribution is -0.134. The molecule has 2 heterocycles. The van der Waals surface area contributed by atoms with E-state index in [1.807, 2.05) is 0 Å². The highest BCUT2D eigenvalue weighted by Gasteiger charge is 2.56. The Kier molecular flexibility index (Phi) is 6.37. The third-order valence-corrected chi connectivity index (χ3v) is 8.38. The standard InChI is InChI=1S/C22H30N4O6S/c1-3-32-17-10-9-16(13-18(17)33(30,31)25-11-5-4-6-12-25)23-19(27)14-26-20(28)22(2,15-7-8-15)24-21(26)29/h9-10,13,15H,3-8,11-12,14H2,1-2H3,(H,23,27)(H,24,29)/t22-/m0/s1. The topological polar surface area (TPSA) is 125 Å². The Bertz CT molecular complexity index is 1060. The minimum absolute atomic E-state index is 0.0136. The van der Waals surface area contributed by atoms with Gasteiger partial charge in [-0.2, -0.15) is 4.31 Å². The summed E-state index contributed by atoms with van der Waals surface area (Å²) in [6.45, 7) is 4.18. The Balaban J connectivity index is 1.51. The van der Waals surface area contributed by atoms with Crippen molar-refractivity contribution in [3.8, 4) is 5.75 Å². The fourth-order valence-corrected chi connectivity index (χ4v) is 6.12. The summed E-state index contributed by atoms with van der Waals surface area (Å²) in [7, 11) is -3.80. The van der Waals surface area contributed by atoms with Crippen LogP contribution in [-0.4, -0.2) is 67.2 Å². The summed E-state index contributed by atoms with van der Waals surface area (Å²) in [4.78, 5) is 38.6. The van der Waals surface area contributed by atoms with Crippen LogP contribution in [0.2, 0.25) is 0 Å². The number of nitrogens with one attached hydrogen (secondary N) is 2. The molecule has 0 spiro atoms. The molecule has 3 fully saturated rings. The molecule has 1 atom stereocenters. The number of imide groups is 1. The number of hydrogen-bond acceptors (Lipinski definition) is 6. The molecule has 2 N–H and O–H groups in total. The monoisotopic (exact) mass is 478 g/mol. The van der Waals surface area contributed by atoms with Crippen LogP contribution >= 0.6 is 0 Å². The Morgan fingerprint density at radius 1 is 1.21 bits per heavy atom. The van der Waals surface area contributed by atoms with Gasteiger partial charge in [0, 0.05) is 18.8 Å². The Hall–Kier alpha value is -2.66. The second-order valence-corrected chi connectivity index (χ2v) is 10.8. The van der Waals surface area contributed by atoms with Gasteiger partial charge in [-0.25, -0.2) is 13.2 Å². The van der Waals surface area contributed by atoms with Crippen molar-refractivity contribution in [3.63, 3.8) is 0 Å². The maximum Gasteiger partial charge on any atom is 0.325 e. The van der Waals surface area contributed by atoms with Crippen LogP contribution < -0.4 is 15.4 Å². The van der Waals surface area contributed by atoms with Crippen LogP contribution in [0.3, 0.4) is 0 Å². The molecule has 0 unspecified atom stereocenters. The third-order valence-electron chi connectivity index (χ3n) is 6.46. The number of nitrogens with zero attached hydrogens (tertiary/aromatic N) is 2. The van der Waals surface area contributed by atoms with Gasteiger partial charge < -0.3 is 15.4 Å². The second kappa shape index (κ2) is 8.94. The summed E-state index contributed by atoms with van der Waals surface area (Å²) in [6.07, 6.45) is 4.31. The Morgan fingerprint density at radius 2 is 1.91 bits per heavy atom. The van der Waals surface area contributed by atoms with Gasteiger partial charge in [-0.1, -0.05) is 6.42 Å². The molecule has 1 aromatic rings. The van der Waals surface area contributed by atoms with E-state index in [1.54, 1.807) is 13.8 Å². The van der Waals surface area contributed by atoms with E-state index in [1.165, 1.54) is 22.5 Å². The highest BCUT2D eigenvalue weighted by Crippen LogP contribution is 2.42. The van der Waals surface area contributed by atoms with E-state index in [-0.39, 0.29) is 22.3 Å². The predicted molar refractivity (Wildman–Crippen MR) is 120 cm³/mol. The number of ether oxygens (including phenoxy) is 1. The number of sulfonamides is 1. The van der Waals surface area contributed by atoms with E-state index >= 15 is 0 Å². The summed E-state index contributed by atoms with van der Waals surface area (Å²) < 4.78 is 33.5. The molecular weight excluding hydrogens is 448 g/mol. The van der Waals surface area contributed by atoms with Crippen LogP contribution in [0, 0.1) is 5.92 Å². The highest BCUT2D eigenvalue weighted by molar-refractivity contribution is 7.89. The van der Waals surface area contributed by atoms with E-state index in [2.05, 4.69) is 10.6 Å². The zero-order valence-corrected chi connectivity index (χ0v) is 19.7. The number of benzene rings is 1. The molecule has 0 aromatic heterocycles. The number of urea groups is 1. The van der Waals surface area contributed by atoms with Crippen molar-refractivity contribution in [3.05, 3.63) is 18.2 Å². The summed E-state index contributed by atoms with van der Waals surface area (Å²) in [6, 6.07) is 3.82. The molecular formula is C22H30N4O6S.